The Morgan fingerprint density at radius 3 is 2.64 bits per heavy atom. The van der Waals surface area contributed by atoms with Gasteiger partial charge in [-0.3, -0.25) is 4.79 Å². The minimum Gasteiger partial charge on any atom is -0.330 e. The van der Waals surface area contributed by atoms with Crippen molar-refractivity contribution >= 4 is 24.3 Å². The van der Waals surface area contributed by atoms with Crippen LogP contribution in [0.25, 0.3) is 0 Å². The van der Waals surface area contributed by atoms with Crippen molar-refractivity contribution < 1.29 is 13.6 Å². The van der Waals surface area contributed by atoms with Crippen molar-refractivity contribution in [3.63, 3.8) is 0 Å². The van der Waals surface area contributed by atoms with Crippen LogP contribution in [-0.4, -0.2) is 17.8 Å². The van der Waals surface area contributed by atoms with Crippen molar-refractivity contribution in [1.82, 2.24) is 5.01 Å². The second-order valence-corrected chi connectivity index (χ2v) is 4.78. The van der Waals surface area contributed by atoms with Crippen LogP contribution in [0.5, 0.6) is 0 Å². The molecule has 4 nitrogen and oxygen atoms in total. The van der Waals surface area contributed by atoms with E-state index in [1.807, 2.05) is 0 Å². The van der Waals surface area contributed by atoms with Crippen molar-refractivity contribution in [3.8, 4) is 0 Å². The lowest BCUT2D eigenvalue weighted by Gasteiger charge is -2.10. The van der Waals surface area contributed by atoms with Gasteiger partial charge in [0.15, 0.2) is 11.6 Å². The standard InChI is InChI=1S/C15H17F2N3OS/c1-9(5-4-8-20(3)18)10(2)15(21)13-11(16)6-7-12(19-22)14(13)17/h4-8,19,22H,2,18H2,1,3H3/b8-4-,9-5+. The molecule has 7 heteroatoms. The number of nitrogens with one attached hydrogen (secondary N) is 1. The van der Waals surface area contributed by atoms with Crippen molar-refractivity contribution in [3.05, 3.63) is 65.4 Å². The first kappa shape index (κ1) is 17.9. The molecule has 0 bridgehead atoms. The fourth-order valence-electron chi connectivity index (χ4n) is 1.60. The van der Waals surface area contributed by atoms with E-state index < -0.39 is 23.0 Å². The predicted molar refractivity (Wildman–Crippen MR) is 87.3 cm³/mol. The first-order valence-electron chi connectivity index (χ1n) is 6.24. The van der Waals surface area contributed by atoms with Gasteiger partial charge in [-0.2, -0.15) is 0 Å². The van der Waals surface area contributed by atoms with Gasteiger partial charge in [-0.15, -0.1) is 0 Å². The third-order valence-electron chi connectivity index (χ3n) is 2.86. The third-order valence-corrected chi connectivity index (χ3v) is 3.10. The summed E-state index contributed by atoms with van der Waals surface area (Å²) < 4.78 is 30.1. The van der Waals surface area contributed by atoms with Crippen molar-refractivity contribution in [1.29, 1.82) is 0 Å². The number of nitrogens with two attached hydrogens (primary N) is 1. The number of Topliss-reactive ketones (excluding diaryl/α,β-unsaturated/α-hetero) is 1. The van der Waals surface area contributed by atoms with Crippen LogP contribution in [-0.2, 0) is 0 Å². The van der Waals surface area contributed by atoms with Crippen LogP contribution < -0.4 is 10.6 Å². The highest BCUT2D eigenvalue weighted by Gasteiger charge is 2.22. The van der Waals surface area contributed by atoms with Gasteiger partial charge in [-0.05, 0) is 30.7 Å². The van der Waals surface area contributed by atoms with Gasteiger partial charge in [0.05, 0.1) is 11.3 Å². The Hall–Kier alpha value is -2.12. The molecule has 0 saturated carbocycles. The monoisotopic (exact) mass is 325 g/mol. The van der Waals surface area contributed by atoms with E-state index in [2.05, 4.69) is 24.1 Å². The second kappa shape index (κ2) is 7.77. The molecule has 0 unspecified atom stereocenters. The summed E-state index contributed by atoms with van der Waals surface area (Å²) in [5.41, 5.74) is -0.312. The number of hydrogen-bond donors (Lipinski definition) is 3. The van der Waals surface area contributed by atoms with Crippen LogP contribution in [0, 0.1) is 11.6 Å². The van der Waals surface area contributed by atoms with Gasteiger partial charge in [-0.25, -0.2) is 14.6 Å². The van der Waals surface area contributed by atoms with E-state index in [0.29, 0.717) is 5.57 Å². The van der Waals surface area contributed by atoms with Crippen LogP contribution >= 0.6 is 12.8 Å². The highest BCUT2D eigenvalue weighted by Crippen LogP contribution is 2.25. The van der Waals surface area contributed by atoms with E-state index >= 15 is 0 Å². The number of halogens is 2. The summed E-state index contributed by atoms with van der Waals surface area (Å²) in [5.74, 6) is 2.60. The molecule has 0 aliphatic heterocycles. The van der Waals surface area contributed by atoms with E-state index in [4.69, 9.17) is 5.84 Å². The first-order chi connectivity index (χ1) is 10.3. The number of carbonyl (C=O) groups is 1. The molecule has 3 N–H and O–H groups in total. The minimum absolute atomic E-state index is 0.0153. The molecule has 0 spiro atoms. The predicted octanol–water partition coefficient (Wildman–Crippen LogP) is 3.23. The minimum atomic E-state index is -1.01. The number of rotatable bonds is 6. The number of nitrogens with zero attached hydrogens (tertiary/aromatic N) is 1. The summed E-state index contributed by atoms with van der Waals surface area (Å²) in [7, 11) is 1.63. The zero-order chi connectivity index (χ0) is 16.9. The molecule has 1 aromatic carbocycles. The Morgan fingerprint density at radius 2 is 2.09 bits per heavy atom. The van der Waals surface area contributed by atoms with Gasteiger partial charge in [0.1, 0.15) is 5.82 Å². The van der Waals surface area contributed by atoms with E-state index in [-0.39, 0.29) is 11.3 Å². The molecule has 0 amide bonds. The smallest absolute Gasteiger partial charge is 0.198 e. The van der Waals surface area contributed by atoms with Crippen LogP contribution in [0.15, 0.2) is 48.2 Å². The fourth-order valence-corrected chi connectivity index (χ4v) is 1.77. The van der Waals surface area contributed by atoms with Gasteiger partial charge in [0, 0.05) is 18.8 Å². The molecule has 0 aliphatic rings. The van der Waals surface area contributed by atoms with Gasteiger partial charge < -0.3 is 9.73 Å². The molecule has 1 rings (SSSR count). The Bertz CT molecular complexity index is 654. The molecule has 0 atom stereocenters. The molecule has 118 valence electrons. The van der Waals surface area contributed by atoms with E-state index in [1.54, 1.807) is 32.3 Å². The molecule has 1 aromatic rings. The van der Waals surface area contributed by atoms with E-state index in [0.717, 1.165) is 12.1 Å². The third kappa shape index (κ3) is 4.19. The largest absolute Gasteiger partial charge is 0.330 e. The lowest BCUT2D eigenvalue weighted by atomic mass is 9.97. The summed E-state index contributed by atoms with van der Waals surface area (Å²) in [6.07, 6.45) is 4.71. The number of ketones is 1. The van der Waals surface area contributed by atoms with Crippen molar-refractivity contribution in [2.24, 2.45) is 5.84 Å². The Kier molecular flexibility index (Phi) is 6.33. The van der Waals surface area contributed by atoms with Gasteiger partial charge in [0.2, 0.25) is 0 Å². The van der Waals surface area contributed by atoms with Gasteiger partial charge >= 0.3 is 0 Å². The lowest BCUT2D eigenvalue weighted by Crippen LogP contribution is -2.18. The highest BCUT2D eigenvalue weighted by atomic mass is 32.1. The highest BCUT2D eigenvalue weighted by molar-refractivity contribution is 7.81. The van der Waals surface area contributed by atoms with Crippen LogP contribution in [0.4, 0.5) is 14.5 Å². The number of benzene rings is 1. The normalized spacial score (nSPS) is 11.6. The molecule has 0 aliphatic carbocycles. The maximum Gasteiger partial charge on any atom is 0.198 e. The van der Waals surface area contributed by atoms with Crippen molar-refractivity contribution in [2.45, 2.75) is 6.92 Å². The summed E-state index contributed by atoms with van der Waals surface area (Å²) in [6, 6.07) is 2.14. The molecule has 0 aromatic heterocycles. The number of carbonyl (C=O) groups excluding carboxylic acids is 1. The van der Waals surface area contributed by atoms with Crippen LogP contribution in [0.3, 0.4) is 0 Å². The van der Waals surface area contributed by atoms with Crippen molar-refractivity contribution in [2.75, 3.05) is 11.8 Å². The van der Waals surface area contributed by atoms with E-state index in [1.165, 1.54) is 5.01 Å². The Labute approximate surface area is 133 Å². The molecule has 22 heavy (non-hydrogen) atoms. The van der Waals surface area contributed by atoms with Gasteiger partial charge in [-0.1, -0.05) is 25.5 Å². The quantitative estimate of drug-likeness (QED) is 0.188. The first-order valence-corrected chi connectivity index (χ1v) is 6.69. The number of thiol groups is 1. The van der Waals surface area contributed by atoms with E-state index in [9.17, 15) is 13.6 Å². The average Bonchev–Trinajstić information content (AvgIpc) is 2.46. The lowest BCUT2D eigenvalue weighted by molar-refractivity contribution is 0.102. The molecule has 0 heterocycles. The topological polar surface area (TPSA) is 58.4 Å². The number of anilines is 1. The number of hydrazine groups is 1. The summed E-state index contributed by atoms with van der Waals surface area (Å²) in [5, 5.41) is 1.32. The maximum atomic E-state index is 14.1. The fraction of sp³-hybridized carbons (Fsp3) is 0.133. The Balaban J connectivity index is 3.14. The zero-order valence-corrected chi connectivity index (χ0v) is 13.1. The average molecular weight is 325 g/mol. The van der Waals surface area contributed by atoms with Crippen LogP contribution in [0.2, 0.25) is 0 Å². The number of hydrogen-bond acceptors (Lipinski definition) is 5. The summed E-state index contributed by atoms with van der Waals surface area (Å²) in [4.78, 5) is 12.3. The SMILES string of the molecule is C=C(C(=O)c1c(F)ccc(NS)c1F)/C(C)=C/C=C\N(C)N. The Morgan fingerprint density at radius 1 is 1.45 bits per heavy atom. The molecule has 0 fully saturated rings. The molecule has 0 saturated heterocycles. The number of allylic oxidation sites excluding steroid dienone is 4. The van der Waals surface area contributed by atoms with Crippen LogP contribution in [0.1, 0.15) is 17.3 Å². The molecular weight excluding hydrogens is 308 g/mol. The maximum absolute atomic E-state index is 14.1. The van der Waals surface area contributed by atoms with Gasteiger partial charge in [0.25, 0.3) is 0 Å². The zero-order valence-electron chi connectivity index (χ0n) is 12.2. The molecule has 0 radical (unpaired) electrons. The summed E-state index contributed by atoms with van der Waals surface area (Å²) >= 11 is 3.70. The molecular formula is C15H17F2N3OS. The second-order valence-electron chi connectivity index (χ2n) is 4.56. The summed E-state index contributed by atoms with van der Waals surface area (Å²) in [6.45, 7) is 5.21.